The van der Waals surface area contributed by atoms with Crippen molar-refractivity contribution in [3.63, 3.8) is 0 Å². The van der Waals surface area contributed by atoms with Gasteiger partial charge in [0.1, 0.15) is 5.82 Å². The Morgan fingerprint density at radius 2 is 1.75 bits per heavy atom. The molecule has 1 aromatic carbocycles. The van der Waals surface area contributed by atoms with Gasteiger partial charge in [0, 0.05) is 43.0 Å². The number of hydrogen-bond donors (Lipinski definition) is 1. The van der Waals surface area contributed by atoms with Crippen LogP contribution in [0.25, 0.3) is 11.1 Å². The van der Waals surface area contributed by atoms with Crippen LogP contribution in [0.4, 0.5) is 20.3 Å². The Morgan fingerprint density at radius 1 is 1.10 bits per heavy atom. The molecule has 2 N–H and O–H groups in total. The van der Waals surface area contributed by atoms with Crippen molar-refractivity contribution in [1.82, 2.24) is 9.78 Å². The Balaban J connectivity index is 2.17. The van der Waals surface area contributed by atoms with Crippen molar-refractivity contribution < 1.29 is 8.78 Å². The topological polar surface area (TPSA) is 47.1 Å². The van der Waals surface area contributed by atoms with Crippen molar-refractivity contribution >= 4 is 11.5 Å². The first-order valence-corrected chi connectivity index (χ1v) is 6.60. The van der Waals surface area contributed by atoms with Gasteiger partial charge in [-0.15, -0.1) is 0 Å². The highest BCUT2D eigenvalue weighted by molar-refractivity contribution is 5.84. The van der Waals surface area contributed by atoms with Crippen LogP contribution in [0.15, 0.2) is 18.3 Å². The number of halogens is 2. The van der Waals surface area contributed by atoms with Crippen LogP contribution in [0, 0.1) is 11.6 Å². The summed E-state index contributed by atoms with van der Waals surface area (Å²) in [7, 11) is 1.72. The Hall–Kier alpha value is -2.11. The predicted octanol–water partition coefficient (Wildman–Crippen LogP) is 2.55. The number of nitrogens with zero attached hydrogens (tertiary/aromatic N) is 3. The van der Waals surface area contributed by atoms with E-state index < -0.39 is 11.6 Å². The number of nitrogens with two attached hydrogens (primary N) is 1. The van der Waals surface area contributed by atoms with E-state index in [4.69, 9.17) is 5.73 Å². The van der Waals surface area contributed by atoms with E-state index in [1.165, 1.54) is 16.8 Å². The molecular formula is C14H16F2N4. The summed E-state index contributed by atoms with van der Waals surface area (Å²) in [5.41, 5.74) is 7.86. The van der Waals surface area contributed by atoms with Crippen LogP contribution in [0.1, 0.15) is 12.8 Å². The van der Waals surface area contributed by atoms with Crippen molar-refractivity contribution in [1.29, 1.82) is 0 Å². The third-order valence-electron chi connectivity index (χ3n) is 3.76. The van der Waals surface area contributed by atoms with Crippen LogP contribution in [0.5, 0.6) is 0 Å². The van der Waals surface area contributed by atoms with Crippen LogP contribution in [-0.2, 0) is 7.05 Å². The molecule has 2 aromatic rings. The summed E-state index contributed by atoms with van der Waals surface area (Å²) in [6.45, 7) is 1.69. The van der Waals surface area contributed by atoms with Crippen molar-refractivity contribution in [2.45, 2.75) is 12.8 Å². The monoisotopic (exact) mass is 278 g/mol. The van der Waals surface area contributed by atoms with E-state index in [0.29, 0.717) is 22.6 Å². The molecule has 0 aliphatic carbocycles. The lowest BCUT2D eigenvalue weighted by Gasteiger charge is -2.21. The van der Waals surface area contributed by atoms with E-state index in [0.717, 1.165) is 25.9 Å². The van der Waals surface area contributed by atoms with Crippen LogP contribution in [0.3, 0.4) is 0 Å². The summed E-state index contributed by atoms with van der Waals surface area (Å²) < 4.78 is 28.7. The SMILES string of the molecule is Cn1ncc(-c2cc(F)c(F)cc2N2CCCC2)c1N. The van der Waals surface area contributed by atoms with Crippen LogP contribution in [0.2, 0.25) is 0 Å². The Morgan fingerprint density at radius 3 is 2.35 bits per heavy atom. The summed E-state index contributed by atoms with van der Waals surface area (Å²) in [5, 5.41) is 4.07. The standard InChI is InChI=1S/C14H16F2N4/c1-19-14(17)10(8-18-19)9-6-11(15)12(16)7-13(9)20-4-2-3-5-20/h6-8H,2-5,17H2,1H3. The van der Waals surface area contributed by atoms with E-state index >= 15 is 0 Å². The van der Waals surface area contributed by atoms with Crippen LogP contribution < -0.4 is 10.6 Å². The second kappa shape index (κ2) is 4.77. The summed E-state index contributed by atoms with van der Waals surface area (Å²) in [6, 6.07) is 2.46. The van der Waals surface area contributed by atoms with Crippen molar-refractivity contribution in [3.05, 3.63) is 30.0 Å². The molecule has 1 fully saturated rings. The van der Waals surface area contributed by atoms with E-state index in [-0.39, 0.29) is 0 Å². The summed E-state index contributed by atoms with van der Waals surface area (Å²) >= 11 is 0. The van der Waals surface area contributed by atoms with Crippen molar-refractivity contribution in [2.75, 3.05) is 23.7 Å². The van der Waals surface area contributed by atoms with Gasteiger partial charge in [0.2, 0.25) is 0 Å². The lowest BCUT2D eigenvalue weighted by atomic mass is 10.0. The molecule has 106 valence electrons. The number of aromatic nitrogens is 2. The maximum atomic E-state index is 13.6. The van der Waals surface area contributed by atoms with Crippen molar-refractivity contribution in [2.24, 2.45) is 7.05 Å². The molecule has 0 unspecified atom stereocenters. The molecule has 6 heteroatoms. The second-order valence-corrected chi connectivity index (χ2v) is 5.04. The highest BCUT2D eigenvalue weighted by Gasteiger charge is 2.21. The van der Waals surface area contributed by atoms with Gasteiger partial charge in [0.25, 0.3) is 0 Å². The maximum Gasteiger partial charge on any atom is 0.160 e. The lowest BCUT2D eigenvalue weighted by Crippen LogP contribution is -2.19. The Bertz CT molecular complexity index is 645. The number of hydrogen-bond acceptors (Lipinski definition) is 3. The molecule has 0 bridgehead atoms. The number of nitrogen functional groups attached to an aromatic ring is 1. The zero-order valence-corrected chi connectivity index (χ0v) is 11.2. The lowest BCUT2D eigenvalue weighted by molar-refractivity contribution is 0.509. The second-order valence-electron chi connectivity index (χ2n) is 5.04. The van der Waals surface area contributed by atoms with E-state index in [1.54, 1.807) is 13.2 Å². The molecule has 0 amide bonds. The van der Waals surface area contributed by atoms with Crippen LogP contribution >= 0.6 is 0 Å². The minimum absolute atomic E-state index is 0.441. The van der Waals surface area contributed by atoms with Gasteiger partial charge in [0.05, 0.1) is 6.20 Å². The quantitative estimate of drug-likeness (QED) is 0.918. The molecule has 0 atom stereocenters. The largest absolute Gasteiger partial charge is 0.383 e. The highest BCUT2D eigenvalue weighted by atomic mass is 19.2. The molecule has 1 aliphatic heterocycles. The van der Waals surface area contributed by atoms with Gasteiger partial charge in [-0.1, -0.05) is 0 Å². The Labute approximate surface area is 115 Å². The predicted molar refractivity (Wildman–Crippen MR) is 74.4 cm³/mol. The molecule has 3 rings (SSSR count). The first-order valence-electron chi connectivity index (χ1n) is 6.60. The third kappa shape index (κ3) is 2.01. The molecule has 0 spiro atoms. The molecule has 2 heterocycles. The average molecular weight is 278 g/mol. The van der Waals surface area contributed by atoms with Gasteiger partial charge in [-0.05, 0) is 18.9 Å². The Kier molecular flexibility index (Phi) is 3.08. The van der Waals surface area contributed by atoms with Crippen molar-refractivity contribution in [3.8, 4) is 11.1 Å². The van der Waals surface area contributed by atoms with E-state index in [2.05, 4.69) is 10.00 Å². The molecule has 0 radical (unpaired) electrons. The normalized spacial score (nSPS) is 15.1. The van der Waals surface area contributed by atoms with Gasteiger partial charge in [-0.3, -0.25) is 4.68 Å². The average Bonchev–Trinajstić information content (AvgIpc) is 3.05. The molecule has 1 aliphatic rings. The van der Waals surface area contributed by atoms with Gasteiger partial charge in [-0.25, -0.2) is 8.78 Å². The van der Waals surface area contributed by atoms with Gasteiger partial charge < -0.3 is 10.6 Å². The fourth-order valence-electron chi connectivity index (χ4n) is 2.63. The summed E-state index contributed by atoms with van der Waals surface area (Å²) in [6.07, 6.45) is 3.70. The van der Waals surface area contributed by atoms with E-state index in [9.17, 15) is 8.78 Å². The van der Waals surface area contributed by atoms with Gasteiger partial charge in [0.15, 0.2) is 11.6 Å². The smallest absolute Gasteiger partial charge is 0.160 e. The van der Waals surface area contributed by atoms with Gasteiger partial charge >= 0.3 is 0 Å². The summed E-state index contributed by atoms with van der Waals surface area (Å²) in [5.74, 6) is -1.26. The molecule has 1 saturated heterocycles. The molecule has 1 aromatic heterocycles. The fourth-order valence-corrected chi connectivity index (χ4v) is 2.63. The summed E-state index contributed by atoms with van der Waals surface area (Å²) in [4.78, 5) is 2.06. The van der Waals surface area contributed by atoms with Crippen LogP contribution in [-0.4, -0.2) is 22.9 Å². The molecule has 4 nitrogen and oxygen atoms in total. The van der Waals surface area contributed by atoms with E-state index in [1.807, 2.05) is 0 Å². The minimum atomic E-state index is -0.869. The first kappa shape index (κ1) is 12.9. The first-order chi connectivity index (χ1) is 9.58. The fraction of sp³-hybridized carbons (Fsp3) is 0.357. The van der Waals surface area contributed by atoms with Gasteiger partial charge in [-0.2, -0.15) is 5.10 Å². The molecular weight excluding hydrogens is 262 g/mol. The molecule has 0 saturated carbocycles. The maximum absolute atomic E-state index is 13.6. The number of anilines is 2. The number of benzene rings is 1. The third-order valence-corrected chi connectivity index (χ3v) is 3.76. The number of aryl methyl sites for hydroxylation is 1. The zero-order chi connectivity index (χ0) is 14.3. The minimum Gasteiger partial charge on any atom is -0.383 e. The zero-order valence-electron chi connectivity index (χ0n) is 11.2. The number of rotatable bonds is 2. The highest BCUT2D eigenvalue weighted by Crippen LogP contribution is 2.37. The molecule has 20 heavy (non-hydrogen) atoms.